The fourth-order valence-corrected chi connectivity index (χ4v) is 2.73. The number of fused-ring (bicyclic) bond motifs is 1. The second kappa shape index (κ2) is 5.30. The molecule has 0 atom stereocenters. The molecule has 0 unspecified atom stereocenters. The Balaban J connectivity index is 2.34. The van der Waals surface area contributed by atoms with Gasteiger partial charge in [-0.2, -0.15) is 0 Å². The molecule has 0 aliphatic carbocycles. The summed E-state index contributed by atoms with van der Waals surface area (Å²) in [6.45, 7) is 1.99. The summed E-state index contributed by atoms with van der Waals surface area (Å²) in [5.41, 5.74) is 3.64. The van der Waals surface area contributed by atoms with Crippen molar-refractivity contribution >= 4 is 32.8 Å². The van der Waals surface area contributed by atoms with Crippen LogP contribution in [0.5, 0.6) is 0 Å². The van der Waals surface area contributed by atoms with Crippen molar-refractivity contribution < 1.29 is 9.90 Å². The van der Waals surface area contributed by atoms with Crippen LogP contribution >= 0.6 is 15.9 Å². The number of nitrogens with zero attached hydrogens (tertiary/aromatic N) is 1. The number of pyridine rings is 1. The third-order valence-electron chi connectivity index (χ3n) is 3.42. The van der Waals surface area contributed by atoms with E-state index in [4.69, 9.17) is 0 Å². The number of benzene rings is 2. The second-order valence-electron chi connectivity index (χ2n) is 4.84. The molecule has 4 heteroatoms. The Morgan fingerprint density at radius 2 is 1.90 bits per heavy atom. The van der Waals surface area contributed by atoms with Crippen LogP contribution in [0.2, 0.25) is 0 Å². The molecule has 0 fully saturated rings. The van der Waals surface area contributed by atoms with Gasteiger partial charge in [-0.3, -0.25) is 0 Å². The zero-order chi connectivity index (χ0) is 15.0. The van der Waals surface area contributed by atoms with Crippen LogP contribution in [0, 0.1) is 6.92 Å². The molecule has 0 aliphatic rings. The van der Waals surface area contributed by atoms with E-state index in [1.807, 2.05) is 43.3 Å². The Morgan fingerprint density at radius 3 is 2.62 bits per heavy atom. The van der Waals surface area contributed by atoms with Gasteiger partial charge >= 0.3 is 5.97 Å². The van der Waals surface area contributed by atoms with Gasteiger partial charge in [-0.05, 0) is 36.8 Å². The number of rotatable bonds is 2. The zero-order valence-corrected chi connectivity index (χ0v) is 12.9. The highest BCUT2D eigenvalue weighted by Crippen LogP contribution is 2.28. The molecule has 0 radical (unpaired) electrons. The van der Waals surface area contributed by atoms with E-state index in [0.717, 1.165) is 15.6 Å². The fraction of sp³-hybridized carbons (Fsp3) is 0.0588. The molecule has 1 heterocycles. The molecular formula is C17H12BrNO2. The largest absolute Gasteiger partial charge is 0.478 e. The number of hydrogen-bond donors (Lipinski definition) is 1. The number of aryl methyl sites for hydroxylation is 1. The van der Waals surface area contributed by atoms with Gasteiger partial charge in [-0.25, -0.2) is 9.78 Å². The molecule has 0 saturated heterocycles. The first-order chi connectivity index (χ1) is 10.1. The molecular weight excluding hydrogens is 330 g/mol. The summed E-state index contributed by atoms with van der Waals surface area (Å²) in [5.74, 6) is -0.949. The lowest BCUT2D eigenvalue weighted by Gasteiger charge is -2.09. The van der Waals surface area contributed by atoms with Crippen LogP contribution < -0.4 is 0 Å². The number of aromatic nitrogens is 1. The van der Waals surface area contributed by atoms with Gasteiger partial charge in [0.05, 0.1) is 16.8 Å². The molecule has 21 heavy (non-hydrogen) atoms. The van der Waals surface area contributed by atoms with Crippen LogP contribution in [0.15, 0.2) is 53.0 Å². The van der Waals surface area contributed by atoms with Crippen molar-refractivity contribution in [3.05, 3.63) is 64.1 Å². The van der Waals surface area contributed by atoms with E-state index < -0.39 is 5.97 Å². The van der Waals surface area contributed by atoms with Gasteiger partial charge in [0, 0.05) is 15.4 Å². The monoisotopic (exact) mass is 341 g/mol. The summed E-state index contributed by atoms with van der Waals surface area (Å²) in [5, 5.41) is 10.1. The highest BCUT2D eigenvalue weighted by molar-refractivity contribution is 9.10. The van der Waals surface area contributed by atoms with E-state index in [2.05, 4.69) is 20.9 Å². The van der Waals surface area contributed by atoms with E-state index >= 15 is 0 Å². The minimum Gasteiger partial charge on any atom is -0.478 e. The zero-order valence-electron chi connectivity index (χ0n) is 11.3. The quantitative estimate of drug-likeness (QED) is 0.736. The SMILES string of the molecule is Cc1ccccc1-c1cc(C(=O)O)c2cc(Br)ccc2n1. The molecule has 0 amide bonds. The van der Waals surface area contributed by atoms with Gasteiger partial charge in [0.15, 0.2) is 0 Å². The van der Waals surface area contributed by atoms with Crippen molar-refractivity contribution in [2.75, 3.05) is 0 Å². The minimum absolute atomic E-state index is 0.263. The van der Waals surface area contributed by atoms with Crippen molar-refractivity contribution in [1.29, 1.82) is 0 Å². The number of hydrogen-bond acceptors (Lipinski definition) is 2. The van der Waals surface area contributed by atoms with Crippen LogP contribution in [-0.2, 0) is 0 Å². The topological polar surface area (TPSA) is 50.2 Å². The van der Waals surface area contributed by atoms with E-state index in [-0.39, 0.29) is 5.56 Å². The maximum atomic E-state index is 11.6. The van der Waals surface area contributed by atoms with E-state index in [1.165, 1.54) is 0 Å². The molecule has 3 nitrogen and oxygen atoms in total. The first-order valence-corrected chi connectivity index (χ1v) is 7.25. The van der Waals surface area contributed by atoms with E-state index in [1.54, 1.807) is 12.1 Å². The van der Waals surface area contributed by atoms with Crippen molar-refractivity contribution in [1.82, 2.24) is 4.98 Å². The molecule has 0 spiro atoms. The Labute approximate surface area is 130 Å². The molecule has 3 aromatic rings. The predicted molar refractivity (Wildman–Crippen MR) is 86.6 cm³/mol. The van der Waals surface area contributed by atoms with Crippen molar-refractivity contribution in [2.24, 2.45) is 0 Å². The molecule has 3 rings (SSSR count). The first-order valence-electron chi connectivity index (χ1n) is 6.46. The Hall–Kier alpha value is -2.20. The van der Waals surface area contributed by atoms with Crippen LogP contribution in [-0.4, -0.2) is 16.1 Å². The number of carboxylic acids is 1. The van der Waals surface area contributed by atoms with Gasteiger partial charge in [-0.1, -0.05) is 40.2 Å². The van der Waals surface area contributed by atoms with Gasteiger partial charge in [0.2, 0.25) is 0 Å². The number of halogens is 1. The number of carbonyl (C=O) groups is 1. The van der Waals surface area contributed by atoms with Crippen LogP contribution in [0.25, 0.3) is 22.2 Å². The standard InChI is InChI=1S/C17H12BrNO2/c1-10-4-2-3-5-12(10)16-9-14(17(20)21)13-8-11(18)6-7-15(13)19-16/h2-9H,1H3,(H,20,21). The van der Waals surface area contributed by atoms with Crippen LogP contribution in [0.1, 0.15) is 15.9 Å². The van der Waals surface area contributed by atoms with Gasteiger partial charge in [-0.15, -0.1) is 0 Å². The van der Waals surface area contributed by atoms with Gasteiger partial charge < -0.3 is 5.11 Å². The minimum atomic E-state index is -0.949. The van der Waals surface area contributed by atoms with Gasteiger partial charge in [0.25, 0.3) is 0 Å². The molecule has 0 saturated carbocycles. The fourth-order valence-electron chi connectivity index (χ4n) is 2.37. The maximum absolute atomic E-state index is 11.6. The van der Waals surface area contributed by atoms with Crippen molar-refractivity contribution in [3.8, 4) is 11.3 Å². The highest BCUT2D eigenvalue weighted by atomic mass is 79.9. The van der Waals surface area contributed by atoms with Crippen molar-refractivity contribution in [2.45, 2.75) is 6.92 Å². The lowest BCUT2D eigenvalue weighted by molar-refractivity contribution is 0.0699. The molecule has 104 valence electrons. The van der Waals surface area contributed by atoms with Crippen LogP contribution in [0.4, 0.5) is 0 Å². The smallest absolute Gasteiger partial charge is 0.336 e. The molecule has 0 aliphatic heterocycles. The molecule has 1 aromatic heterocycles. The summed E-state index contributed by atoms with van der Waals surface area (Å²) in [6.07, 6.45) is 0. The summed E-state index contributed by atoms with van der Waals surface area (Å²) in [7, 11) is 0. The Bertz CT molecular complexity index is 859. The Kier molecular flexibility index (Phi) is 3.47. The van der Waals surface area contributed by atoms with E-state index in [9.17, 15) is 9.90 Å². The average Bonchev–Trinajstić information content (AvgIpc) is 2.46. The van der Waals surface area contributed by atoms with Crippen molar-refractivity contribution in [3.63, 3.8) is 0 Å². The summed E-state index contributed by atoms with van der Waals surface area (Å²) >= 11 is 3.37. The summed E-state index contributed by atoms with van der Waals surface area (Å²) in [6, 6.07) is 14.9. The maximum Gasteiger partial charge on any atom is 0.336 e. The predicted octanol–water partition coefficient (Wildman–Crippen LogP) is 4.67. The van der Waals surface area contributed by atoms with Gasteiger partial charge in [0.1, 0.15) is 0 Å². The lowest BCUT2D eigenvalue weighted by atomic mass is 10.0. The van der Waals surface area contributed by atoms with E-state index in [0.29, 0.717) is 16.6 Å². The highest BCUT2D eigenvalue weighted by Gasteiger charge is 2.14. The lowest BCUT2D eigenvalue weighted by Crippen LogP contribution is -2.00. The third kappa shape index (κ3) is 2.54. The molecule has 2 aromatic carbocycles. The molecule has 0 bridgehead atoms. The Morgan fingerprint density at radius 1 is 1.14 bits per heavy atom. The number of aromatic carboxylic acids is 1. The van der Waals surface area contributed by atoms with Crippen LogP contribution in [0.3, 0.4) is 0 Å². The summed E-state index contributed by atoms with van der Waals surface area (Å²) < 4.78 is 0.836. The number of carboxylic acid groups (broad SMARTS) is 1. The third-order valence-corrected chi connectivity index (χ3v) is 3.92. The molecule has 1 N–H and O–H groups in total. The normalized spacial score (nSPS) is 10.8. The summed E-state index contributed by atoms with van der Waals surface area (Å²) in [4.78, 5) is 16.2. The first kappa shape index (κ1) is 13.8. The second-order valence-corrected chi connectivity index (χ2v) is 5.75. The average molecular weight is 342 g/mol.